The van der Waals surface area contributed by atoms with E-state index in [1.165, 1.54) is 44.9 Å². The molecule has 0 spiro atoms. The maximum atomic E-state index is 9.70. The normalized spacial score (nSPS) is 12.8. The molecule has 0 aliphatic rings. The minimum atomic E-state index is -0.219. The molecule has 18 heavy (non-hydrogen) atoms. The number of rotatable bonds is 14. The summed E-state index contributed by atoms with van der Waals surface area (Å²) in [7, 11) is 0. The molecule has 0 bridgehead atoms. The summed E-state index contributed by atoms with van der Waals surface area (Å²) >= 11 is 0. The van der Waals surface area contributed by atoms with Gasteiger partial charge in [-0.2, -0.15) is 0 Å². The van der Waals surface area contributed by atoms with Crippen molar-refractivity contribution in [2.75, 3.05) is 19.7 Å². The first kappa shape index (κ1) is 17.9. The Balaban J connectivity index is 3.08. The van der Waals surface area contributed by atoms with Crippen molar-refractivity contribution < 1.29 is 10.2 Å². The molecule has 1 unspecified atom stereocenters. The van der Waals surface area contributed by atoms with Gasteiger partial charge in [0.05, 0.1) is 6.10 Å². The fourth-order valence-electron chi connectivity index (χ4n) is 2.09. The summed E-state index contributed by atoms with van der Waals surface area (Å²) in [5.41, 5.74) is 0. The van der Waals surface area contributed by atoms with Gasteiger partial charge < -0.3 is 15.5 Å². The lowest BCUT2D eigenvalue weighted by Gasteiger charge is -2.11. The summed E-state index contributed by atoms with van der Waals surface area (Å²) in [6.07, 6.45) is 11.9. The van der Waals surface area contributed by atoms with Gasteiger partial charge in [0.15, 0.2) is 0 Å². The highest BCUT2D eigenvalue weighted by Crippen LogP contribution is 2.10. The van der Waals surface area contributed by atoms with Gasteiger partial charge in [-0.1, -0.05) is 58.3 Å². The van der Waals surface area contributed by atoms with Gasteiger partial charge in [-0.05, 0) is 19.4 Å². The van der Waals surface area contributed by atoms with Crippen molar-refractivity contribution in [1.29, 1.82) is 0 Å². The van der Waals surface area contributed by atoms with Crippen molar-refractivity contribution in [1.82, 2.24) is 5.32 Å². The number of aliphatic hydroxyl groups excluding tert-OH is 2. The Hall–Kier alpha value is -0.120. The zero-order chi connectivity index (χ0) is 13.5. The molecule has 0 aliphatic heterocycles. The molecular weight excluding hydrogens is 226 g/mol. The van der Waals surface area contributed by atoms with E-state index in [0.717, 1.165) is 25.8 Å². The van der Waals surface area contributed by atoms with Crippen molar-refractivity contribution in [3.63, 3.8) is 0 Å². The van der Waals surface area contributed by atoms with Crippen LogP contribution in [0.25, 0.3) is 0 Å². The van der Waals surface area contributed by atoms with Gasteiger partial charge in [0.2, 0.25) is 0 Å². The predicted molar refractivity (Wildman–Crippen MR) is 77.8 cm³/mol. The van der Waals surface area contributed by atoms with E-state index in [1.54, 1.807) is 0 Å². The molecule has 110 valence electrons. The van der Waals surface area contributed by atoms with Gasteiger partial charge in [0.1, 0.15) is 0 Å². The molecule has 0 aliphatic carbocycles. The van der Waals surface area contributed by atoms with Crippen LogP contribution in [0, 0.1) is 0 Å². The van der Waals surface area contributed by atoms with Crippen LogP contribution >= 0.6 is 0 Å². The average molecular weight is 259 g/mol. The third-order valence-electron chi connectivity index (χ3n) is 3.28. The molecule has 0 radical (unpaired) electrons. The Labute approximate surface area is 113 Å². The largest absolute Gasteiger partial charge is 0.396 e. The molecule has 3 N–H and O–H groups in total. The van der Waals surface area contributed by atoms with Crippen molar-refractivity contribution in [3.8, 4) is 0 Å². The molecule has 0 aromatic heterocycles. The summed E-state index contributed by atoms with van der Waals surface area (Å²) in [5, 5.41) is 21.5. The molecule has 0 heterocycles. The van der Waals surface area contributed by atoms with Gasteiger partial charge in [-0.25, -0.2) is 0 Å². The number of hydrogen-bond donors (Lipinski definition) is 3. The third kappa shape index (κ3) is 13.9. The number of nitrogens with one attached hydrogen (secondary N) is 1. The van der Waals surface area contributed by atoms with Gasteiger partial charge >= 0.3 is 0 Å². The van der Waals surface area contributed by atoms with Crippen molar-refractivity contribution in [3.05, 3.63) is 0 Å². The lowest BCUT2D eigenvalue weighted by atomic mass is 10.1. The minimum absolute atomic E-state index is 0.219. The van der Waals surface area contributed by atoms with E-state index in [4.69, 9.17) is 5.11 Å². The van der Waals surface area contributed by atoms with Crippen LogP contribution in [-0.4, -0.2) is 36.0 Å². The van der Waals surface area contributed by atoms with Crippen molar-refractivity contribution >= 4 is 0 Å². The number of aliphatic hydroxyl groups is 2. The highest BCUT2D eigenvalue weighted by atomic mass is 16.3. The fourth-order valence-corrected chi connectivity index (χ4v) is 2.09. The first-order valence-electron chi connectivity index (χ1n) is 7.81. The monoisotopic (exact) mass is 259 g/mol. The Morgan fingerprint density at radius 3 is 2.11 bits per heavy atom. The van der Waals surface area contributed by atoms with E-state index >= 15 is 0 Å². The molecule has 0 aromatic carbocycles. The smallest absolute Gasteiger partial charge is 0.0664 e. The van der Waals surface area contributed by atoms with E-state index in [9.17, 15) is 5.11 Å². The van der Waals surface area contributed by atoms with E-state index in [0.29, 0.717) is 6.54 Å². The maximum Gasteiger partial charge on any atom is 0.0664 e. The van der Waals surface area contributed by atoms with E-state index in [1.807, 2.05) is 0 Å². The molecule has 0 rings (SSSR count). The topological polar surface area (TPSA) is 52.5 Å². The molecule has 0 fully saturated rings. The lowest BCUT2D eigenvalue weighted by Crippen LogP contribution is -2.27. The van der Waals surface area contributed by atoms with Gasteiger partial charge in [-0.3, -0.25) is 0 Å². The highest BCUT2D eigenvalue weighted by molar-refractivity contribution is 4.60. The van der Waals surface area contributed by atoms with Crippen molar-refractivity contribution in [2.45, 2.75) is 77.2 Å². The van der Waals surface area contributed by atoms with Crippen LogP contribution in [0.1, 0.15) is 71.1 Å². The van der Waals surface area contributed by atoms with Crippen LogP contribution in [0.5, 0.6) is 0 Å². The van der Waals surface area contributed by atoms with Gasteiger partial charge in [0, 0.05) is 13.2 Å². The van der Waals surface area contributed by atoms with Gasteiger partial charge in [-0.15, -0.1) is 0 Å². The Morgan fingerprint density at radius 2 is 1.50 bits per heavy atom. The standard InChI is InChI=1S/C15H33NO2/c1-2-3-4-5-6-7-8-9-11-15(18)14-16-12-10-13-17/h15-18H,2-14H2,1H3. The van der Waals surface area contributed by atoms with Crippen molar-refractivity contribution in [2.24, 2.45) is 0 Å². The minimum Gasteiger partial charge on any atom is -0.396 e. The first-order valence-corrected chi connectivity index (χ1v) is 7.81. The summed E-state index contributed by atoms with van der Waals surface area (Å²) < 4.78 is 0. The lowest BCUT2D eigenvalue weighted by molar-refractivity contribution is 0.157. The second-order valence-electron chi connectivity index (χ2n) is 5.20. The van der Waals surface area contributed by atoms with E-state index in [2.05, 4.69) is 12.2 Å². The third-order valence-corrected chi connectivity index (χ3v) is 3.28. The second kappa shape index (κ2) is 14.9. The average Bonchev–Trinajstić information content (AvgIpc) is 2.38. The van der Waals surface area contributed by atoms with Crippen LogP contribution in [0.2, 0.25) is 0 Å². The Morgan fingerprint density at radius 1 is 0.889 bits per heavy atom. The highest BCUT2D eigenvalue weighted by Gasteiger charge is 2.02. The van der Waals surface area contributed by atoms with Crippen LogP contribution < -0.4 is 5.32 Å². The fraction of sp³-hybridized carbons (Fsp3) is 1.00. The second-order valence-corrected chi connectivity index (χ2v) is 5.20. The zero-order valence-corrected chi connectivity index (χ0v) is 12.2. The first-order chi connectivity index (χ1) is 8.81. The molecule has 0 saturated carbocycles. The van der Waals surface area contributed by atoms with Crippen LogP contribution in [0.15, 0.2) is 0 Å². The van der Waals surface area contributed by atoms with Crippen LogP contribution in [0.3, 0.4) is 0 Å². The summed E-state index contributed by atoms with van der Waals surface area (Å²) in [5.74, 6) is 0. The molecule has 0 amide bonds. The SMILES string of the molecule is CCCCCCCCCCC(O)CNCCCO. The molecular formula is C15H33NO2. The predicted octanol–water partition coefficient (Wildman–Crippen LogP) is 2.85. The molecule has 0 saturated heterocycles. The molecule has 1 atom stereocenters. The zero-order valence-electron chi connectivity index (χ0n) is 12.2. The number of unbranched alkanes of at least 4 members (excludes halogenated alkanes) is 7. The van der Waals surface area contributed by atoms with Crippen LogP contribution in [0.4, 0.5) is 0 Å². The van der Waals surface area contributed by atoms with Crippen LogP contribution in [-0.2, 0) is 0 Å². The molecule has 3 heteroatoms. The Bertz CT molecular complexity index is 153. The summed E-state index contributed by atoms with van der Waals surface area (Å²) in [6.45, 7) is 3.93. The van der Waals surface area contributed by atoms with Gasteiger partial charge in [0.25, 0.3) is 0 Å². The molecule has 3 nitrogen and oxygen atoms in total. The Kier molecular flexibility index (Phi) is 14.8. The van der Waals surface area contributed by atoms with E-state index in [-0.39, 0.29) is 12.7 Å². The quantitative estimate of drug-likeness (QED) is 0.420. The molecule has 0 aromatic rings. The summed E-state index contributed by atoms with van der Waals surface area (Å²) in [6, 6.07) is 0. The summed E-state index contributed by atoms with van der Waals surface area (Å²) in [4.78, 5) is 0. The maximum absolute atomic E-state index is 9.70. The van der Waals surface area contributed by atoms with E-state index < -0.39 is 0 Å². The number of hydrogen-bond acceptors (Lipinski definition) is 3.